The molecule has 18 heavy (non-hydrogen) atoms. The number of hydrogen-bond acceptors (Lipinski definition) is 3. The van der Waals surface area contributed by atoms with E-state index in [0.29, 0.717) is 12.8 Å². The molecule has 0 aliphatic carbocycles. The van der Waals surface area contributed by atoms with Crippen LogP contribution in [0.1, 0.15) is 30.9 Å². The summed E-state index contributed by atoms with van der Waals surface area (Å²) in [6.07, 6.45) is 1.09. The van der Waals surface area contributed by atoms with Crippen LogP contribution in [0.4, 0.5) is 0 Å². The highest BCUT2D eigenvalue weighted by atomic mass is 32.2. The van der Waals surface area contributed by atoms with Crippen molar-refractivity contribution in [2.24, 2.45) is 0 Å². The van der Waals surface area contributed by atoms with Gasteiger partial charge in [-0.3, -0.25) is 0 Å². The van der Waals surface area contributed by atoms with E-state index >= 15 is 0 Å². The first kappa shape index (κ1) is 15.1. The molecule has 102 valence electrons. The van der Waals surface area contributed by atoms with Crippen LogP contribution in [0.25, 0.3) is 0 Å². The van der Waals surface area contributed by atoms with Crippen LogP contribution in [-0.2, 0) is 10.0 Å². The molecule has 5 heteroatoms. The molecule has 1 atom stereocenters. The summed E-state index contributed by atoms with van der Waals surface area (Å²) in [4.78, 5) is 0.288. The van der Waals surface area contributed by atoms with Crippen LogP contribution in [0.3, 0.4) is 0 Å². The topological polar surface area (TPSA) is 66.4 Å². The molecule has 0 heterocycles. The van der Waals surface area contributed by atoms with Crippen LogP contribution in [0, 0.1) is 13.8 Å². The highest BCUT2D eigenvalue weighted by Gasteiger charge is 2.19. The first-order valence-electron chi connectivity index (χ1n) is 6.10. The molecule has 1 aromatic carbocycles. The summed E-state index contributed by atoms with van der Waals surface area (Å²) in [5.74, 6) is 0. The molecule has 0 bridgehead atoms. The minimum atomic E-state index is -3.50. The zero-order valence-electron chi connectivity index (χ0n) is 11.1. The van der Waals surface area contributed by atoms with E-state index in [9.17, 15) is 8.42 Å². The lowest BCUT2D eigenvalue weighted by Crippen LogP contribution is -2.35. The summed E-state index contributed by atoms with van der Waals surface area (Å²) < 4.78 is 27.0. The van der Waals surface area contributed by atoms with Crippen molar-refractivity contribution in [2.75, 3.05) is 6.61 Å². The predicted molar refractivity (Wildman–Crippen MR) is 72.0 cm³/mol. The maximum Gasteiger partial charge on any atom is 0.240 e. The predicted octanol–water partition coefficient (Wildman–Crippen LogP) is 1.74. The van der Waals surface area contributed by atoms with Gasteiger partial charge >= 0.3 is 0 Å². The third kappa shape index (κ3) is 4.08. The van der Waals surface area contributed by atoms with Gasteiger partial charge in [-0.05, 0) is 49.9 Å². The molecule has 0 aromatic heterocycles. The molecule has 0 saturated heterocycles. The fourth-order valence-electron chi connectivity index (χ4n) is 1.88. The van der Waals surface area contributed by atoms with Gasteiger partial charge in [0.25, 0.3) is 0 Å². The second-order valence-corrected chi connectivity index (χ2v) is 6.28. The van der Waals surface area contributed by atoms with Crippen LogP contribution in [-0.4, -0.2) is 26.2 Å². The van der Waals surface area contributed by atoms with Crippen molar-refractivity contribution in [3.05, 3.63) is 29.3 Å². The molecule has 1 aromatic rings. The molecule has 2 N–H and O–H groups in total. The Labute approximate surface area is 109 Å². The van der Waals surface area contributed by atoms with Crippen molar-refractivity contribution in [3.63, 3.8) is 0 Å². The normalized spacial score (nSPS) is 13.6. The van der Waals surface area contributed by atoms with Crippen LogP contribution in [0.15, 0.2) is 23.1 Å². The molecule has 4 nitrogen and oxygen atoms in total. The lowest BCUT2D eigenvalue weighted by atomic mass is 10.2. The fourth-order valence-corrected chi connectivity index (χ4v) is 3.42. The Morgan fingerprint density at radius 3 is 2.22 bits per heavy atom. The van der Waals surface area contributed by atoms with Gasteiger partial charge in [0.1, 0.15) is 0 Å². The molecule has 0 aliphatic heterocycles. The van der Waals surface area contributed by atoms with Gasteiger partial charge in [0, 0.05) is 12.6 Å². The van der Waals surface area contributed by atoms with Crippen molar-refractivity contribution in [1.82, 2.24) is 4.72 Å². The number of nitrogens with one attached hydrogen (secondary N) is 1. The average molecular weight is 271 g/mol. The van der Waals surface area contributed by atoms with Gasteiger partial charge in [-0.2, -0.15) is 0 Å². The van der Waals surface area contributed by atoms with Gasteiger partial charge in [-0.25, -0.2) is 13.1 Å². The van der Waals surface area contributed by atoms with E-state index < -0.39 is 10.0 Å². The van der Waals surface area contributed by atoms with E-state index in [4.69, 9.17) is 5.11 Å². The van der Waals surface area contributed by atoms with Crippen molar-refractivity contribution in [3.8, 4) is 0 Å². The maximum absolute atomic E-state index is 12.2. The second kappa shape index (κ2) is 6.31. The summed E-state index contributed by atoms with van der Waals surface area (Å²) in [5.41, 5.74) is 1.84. The highest BCUT2D eigenvalue weighted by Crippen LogP contribution is 2.15. The monoisotopic (exact) mass is 271 g/mol. The number of hydrogen-bond donors (Lipinski definition) is 2. The average Bonchev–Trinajstić information content (AvgIpc) is 2.27. The van der Waals surface area contributed by atoms with E-state index in [0.717, 1.165) is 11.1 Å². The number of sulfonamides is 1. The number of rotatable bonds is 6. The van der Waals surface area contributed by atoms with E-state index in [-0.39, 0.29) is 17.5 Å². The Morgan fingerprint density at radius 2 is 1.78 bits per heavy atom. The summed E-state index contributed by atoms with van der Waals surface area (Å²) in [6, 6.07) is 5.02. The van der Waals surface area contributed by atoms with Crippen LogP contribution >= 0.6 is 0 Å². The van der Waals surface area contributed by atoms with Crippen LogP contribution in [0.2, 0.25) is 0 Å². The molecule has 0 radical (unpaired) electrons. The molecule has 0 fully saturated rings. The maximum atomic E-state index is 12.2. The lowest BCUT2D eigenvalue weighted by Gasteiger charge is -2.16. The first-order valence-corrected chi connectivity index (χ1v) is 7.59. The van der Waals surface area contributed by atoms with Gasteiger partial charge in [-0.15, -0.1) is 0 Å². The third-order valence-electron chi connectivity index (χ3n) is 2.80. The molecule has 0 aliphatic rings. The Balaban J connectivity index is 2.98. The van der Waals surface area contributed by atoms with E-state index in [1.54, 1.807) is 12.1 Å². The van der Waals surface area contributed by atoms with Gasteiger partial charge in [0.15, 0.2) is 0 Å². The van der Waals surface area contributed by atoms with Crippen molar-refractivity contribution in [1.29, 1.82) is 0 Å². The van der Waals surface area contributed by atoms with Gasteiger partial charge in [0.05, 0.1) is 4.90 Å². The van der Waals surface area contributed by atoms with Crippen LogP contribution in [0.5, 0.6) is 0 Å². The smallest absolute Gasteiger partial charge is 0.240 e. The third-order valence-corrected chi connectivity index (χ3v) is 4.30. The van der Waals surface area contributed by atoms with Crippen molar-refractivity contribution >= 4 is 10.0 Å². The zero-order valence-corrected chi connectivity index (χ0v) is 11.9. The zero-order chi connectivity index (χ0) is 13.8. The lowest BCUT2D eigenvalue weighted by molar-refractivity contribution is 0.270. The molecule has 1 rings (SSSR count). The SMILES string of the molecule is CCC(CCO)NS(=O)(=O)c1cc(C)cc(C)c1. The molecule has 0 saturated carbocycles. The molecular formula is C13H21NO3S. The van der Waals surface area contributed by atoms with Crippen molar-refractivity contribution < 1.29 is 13.5 Å². The van der Waals surface area contributed by atoms with Gasteiger partial charge < -0.3 is 5.11 Å². The van der Waals surface area contributed by atoms with E-state index in [1.165, 1.54) is 0 Å². The summed E-state index contributed by atoms with van der Waals surface area (Å²) in [6.45, 7) is 5.62. The minimum absolute atomic E-state index is 0.0200. The fraction of sp³-hybridized carbons (Fsp3) is 0.538. The Hall–Kier alpha value is -0.910. The number of benzene rings is 1. The first-order chi connectivity index (χ1) is 8.39. The summed E-state index contributed by atoms with van der Waals surface area (Å²) in [5, 5.41) is 8.89. The summed E-state index contributed by atoms with van der Waals surface area (Å²) >= 11 is 0. The summed E-state index contributed by atoms with van der Waals surface area (Å²) in [7, 11) is -3.50. The Morgan fingerprint density at radius 1 is 1.22 bits per heavy atom. The standard InChI is InChI=1S/C13H21NO3S/c1-4-12(5-6-15)14-18(16,17)13-8-10(2)7-11(3)9-13/h7-9,12,14-15H,4-6H2,1-3H3. The Bertz CT molecular complexity index is 477. The van der Waals surface area contributed by atoms with Gasteiger partial charge in [0.2, 0.25) is 10.0 Å². The molecular weight excluding hydrogens is 250 g/mol. The number of aliphatic hydroxyl groups excluding tert-OH is 1. The van der Waals surface area contributed by atoms with Crippen molar-refractivity contribution in [2.45, 2.75) is 44.6 Å². The molecule has 0 amide bonds. The molecule has 1 unspecified atom stereocenters. The van der Waals surface area contributed by atoms with Gasteiger partial charge in [-0.1, -0.05) is 13.0 Å². The Kier molecular flexibility index (Phi) is 5.31. The van der Waals surface area contributed by atoms with Crippen LogP contribution < -0.4 is 4.72 Å². The quantitative estimate of drug-likeness (QED) is 0.828. The number of aryl methyl sites for hydroxylation is 2. The van der Waals surface area contributed by atoms with E-state index in [2.05, 4.69) is 4.72 Å². The van der Waals surface area contributed by atoms with E-state index in [1.807, 2.05) is 26.8 Å². The molecule has 0 spiro atoms. The largest absolute Gasteiger partial charge is 0.396 e. The minimum Gasteiger partial charge on any atom is -0.396 e. The second-order valence-electron chi connectivity index (χ2n) is 4.56. The number of aliphatic hydroxyl groups is 1. The highest BCUT2D eigenvalue weighted by molar-refractivity contribution is 7.89.